The molecule has 2 rings (SSSR count). The molecule has 0 atom stereocenters. The first kappa shape index (κ1) is 13.3. The predicted octanol–water partition coefficient (Wildman–Crippen LogP) is 1.50. The maximum absolute atomic E-state index is 11.5. The SMILES string of the molecule is CC(=O)N1CCc2ccc(N(C(C)=O)C(C)=O)cc21. The van der Waals surface area contributed by atoms with Crippen LogP contribution in [0.4, 0.5) is 11.4 Å². The number of anilines is 2. The van der Waals surface area contributed by atoms with Crippen molar-refractivity contribution < 1.29 is 14.4 Å². The summed E-state index contributed by atoms with van der Waals surface area (Å²) in [5, 5.41) is 0. The van der Waals surface area contributed by atoms with Gasteiger partial charge in [0.25, 0.3) is 0 Å². The molecule has 1 aromatic carbocycles. The van der Waals surface area contributed by atoms with Gasteiger partial charge in [-0.05, 0) is 24.1 Å². The van der Waals surface area contributed by atoms with E-state index in [1.165, 1.54) is 20.8 Å². The number of carbonyl (C=O) groups excluding carboxylic acids is 3. The van der Waals surface area contributed by atoms with Gasteiger partial charge in [0.05, 0.1) is 5.69 Å². The average Bonchev–Trinajstić information content (AvgIpc) is 2.70. The zero-order valence-corrected chi connectivity index (χ0v) is 11.3. The van der Waals surface area contributed by atoms with E-state index in [0.717, 1.165) is 22.6 Å². The van der Waals surface area contributed by atoms with Crippen molar-refractivity contribution in [2.24, 2.45) is 0 Å². The summed E-state index contributed by atoms with van der Waals surface area (Å²) in [6.07, 6.45) is 0.801. The molecule has 0 unspecified atom stereocenters. The Kier molecular flexibility index (Phi) is 3.38. The van der Waals surface area contributed by atoms with Crippen molar-refractivity contribution in [2.75, 3.05) is 16.3 Å². The number of benzene rings is 1. The molecule has 0 radical (unpaired) electrons. The van der Waals surface area contributed by atoms with Gasteiger partial charge in [-0.3, -0.25) is 19.3 Å². The monoisotopic (exact) mass is 260 g/mol. The van der Waals surface area contributed by atoms with Crippen molar-refractivity contribution in [3.8, 4) is 0 Å². The molecular weight excluding hydrogens is 244 g/mol. The molecule has 100 valence electrons. The molecule has 0 aromatic heterocycles. The second-order valence-electron chi connectivity index (χ2n) is 4.61. The lowest BCUT2D eigenvalue weighted by atomic mass is 10.1. The molecule has 0 N–H and O–H groups in total. The topological polar surface area (TPSA) is 57.7 Å². The van der Waals surface area contributed by atoms with E-state index in [4.69, 9.17) is 0 Å². The van der Waals surface area contributed by atoms with E-state index < -0.39 is 0 Å². The zero-order valence-electron chi connectivity index (χ0n) is 11.3. The van der Waals surface area contributed by atoms with E-state index in [1.807, 2.05) is 6.07 Å². The van der Waals surface area contributed by atoms with E-state index in [2.05, 4.69) is 0 Å². The molecule has 0 aliphatic carbocycles. The van der Waals surface area contributed by atoms with Crippen molar-refractivity contribution in [2.45, 2.75) is 27.2 Å². The summed E-state index contributed by atoms with van der Waals surface area (Å²) < 4.78 is 0. The summed E-state index contributed by atoms with van der Waals surface area (Å²) in [5.41, 5.74) is 2.36. The maximum atomic E-state index is 11.5. The zero-order chi connectivity index (χ0) is 14.2. The van der Waals surface area contributed by atoms with Crippen LogP contribution in [-0.4, -0.2) is 24.3 Å². The Morgan fingerprint density at radius 3 is 2.26 bits per heavy atom. The van der Waals surface area contributed by atoms with Crippen LogP contribution in [0.3, 0.4) is 0 Å². The minimum absolute atomic E-state index is 0.0342. The largest absolute Gasteiger partial charge is 0.312 e. The van der Waals surface area contributed by atoms with Crippen LogP contribution in [0.15, 0.2) is 18.2 Å². The molecular formula is C14H16N2O3. The predicted molar refractivity (Wildman–Crippen MR) is 72.0 cm³/mol. The van der Waals surface area contributed by atoms with E-state index in [1.54, 1.807) is 17.0 Å². The molecule has 1 heterocycles. The average molecular weight is 260 g/mol. The van der Waals surface area contributed by atoms with Gasteiger partial charge in [0.2, 0.25) is 17.7 Å². The van der Waals surface area contributed by atoms with Gasteiger partial charge in [-0.1, -0.05) is 6.07 Å². The van der Waals surface area contributed by atoms with Crippen molar-refractivity contribution >= 4 is 29.1 Å². The highest BCUT2D eigenvalue weighted by Gasteiger charge is 2.24. The Morgan fingerprint density at radius 1 is 1.11 bits per heavy atom. The summed E-state index contributed by atoms with van der Waals surface area (Å²) in [6.45, 7) is 4.85. The normalized spacial score (nSPS) is 13.1. The highest BCUT2D eigenvalue weighted by atomic mass is 16.2. The van der Waals surface area contributed by atoms with Crippen molar-refractivity contribution in [1.29, 1.82) is 0 Å². The molecule has 0 spiro atoms. The molecule has 3 amide bonds. The van der Waals surface area contributed by atoms with Crippen molar-refractivity contribution in [3.63, 3.8) is 0 Å². The van der Waals surface area contributed by atoms with Crippen LogP contribution in [0, 0.1) is 0 Å². The fourth-order valence-electron chi connectivity index (χ4n) is 2.42. The van der Waals surface area contributed by atoms with Crippen LogP contribution in [-0.2, 0) is 20.8 Å². The van der Waals surface area contributed by atoms with E-state index >= 15 is 0 Å². The van der Waals surface area contributed by atoms with E-state index in [0.29, 0.717) is 12.2 Å². The molecule has 5 nitrogen and oxygen atoms in total. The Balaban J connectivity index is 2.46. The third kappa shape index (κ3) is 2.36. The third-order valence-corrected chi connectivity index (χ3v) is 3.23. The number of carbonyl (C=O) groups is 3. The number of hydrogen-bond donors (Lipinski definition) is 0. The van der Waals surface area contributed by atoms with Crippen LogP contribution < -0.4 is 9.80 Å². The van der Waals surface area contributed by atoms with Gasteiger partial charge in [-0.25, -0.2) is 0 Å². The van der Waals surface area contributed by atoms with Crippen LogP contribution in [0.25, 0.3) is 0 Å². The summed E-state index contributed by atoms with van der Waals surface area (Å²) in [6, 6.07) is 5.34. The summed E-state index contributed by atoms with van der Waals surface area (Å²) in [5.74, 6) is -0.701. The second-order valence-corrected chi connectivity index (χ2v) is 4.61. The lowest BCUT2D eigenvalue weighted by Crippen LogP contribution is -2.33. The molecule has 1 aliphatic rings. The molecule has 1 aliphatic heterocycles. The van der Waals surface area contributed by atoms with Crippen LogP contribution >= 0.6 is 0 Å². The lowest BCUT2D eigenvalue weighted by molar-refractivity contribution is -0.124. The van der Waals surface area contributed by atoms with E-state index in [-0.39, 0.29) is 17.7 Å². The van der Waals surface area contributed by atoms with Gasteiger partial charge in [-0.2, -0.15) is 0 Å². The fraction of sp³-hybridized carbons (Fsp3) is 0.357. The van der Waals surface area contributed by atoms with Crippen LogP contribution in [0.2, 0.25) is 0 Å². The van der Waals surface area contributed by atoms with Crippen molar-refractivity contribution in [3.05, 3.63) is 23.8 Å². The molecule has 0 saturated carbocycles. The fourth-order valence-corrected chi connectivity index (χ4v) is 2.42. The highest BCUT2D eigenvalue weighted by Crippen LogP contribution is 2.32. The Hall–Kier alpha value is -2.17. The number of amides is 3. The number of nitrogens with zero attached hydrogens (tertiary/aromatic N) is 2. The molecule has 5 heteroatoms. The highest BCUT2D eigenvalue weighted by molar-refractivity contribution is 6.13. The second kappa shape index (κ2) is 4.84. The number of fused-ring (bicyclic) bond motifs is 1. The molecule has 1 aromatic rings. The summed E-state index contributed by atoms with van der Waals surface area (Å²) in [7, 11) is 0. The quantitative estimate of drug-likeness (QED) is 0.768. The van der Waals surface area contributed by atoms with Gasteiger partial charge in [-0.15, -0.1) is 0 Å². The van der Waals surface area contributed by atoms with Crippen LogP contribution in [0.5, 0.6) is 0 Å². The first-order chi connectivity index (χ1) is 8.91. The smallest absolute Gasteiger partial charge is 0.230 e. The maximum Gasteiger partial charge on any atom is 0.230 e. The van der Waals surface area contributed by atoms with Crippen molar-refractivity contribution in [1.82, 2.24) is 0 Å². The van der Waals surface area contributed by atoms with E-state index in [9.17, 15) is 14.4 Å². The standard InChI is InChI=1S/C14H16N2O3/c1-9(17)15-7-6-12-4-5-13(8-14(12)15)16(10(2)18)11(3)19/h4-5,8H,6-7H2,1-3H3. The minimum atomic E-state index is -0.333. The molecule has 0 saturated heterocycles. The minimum Gasteiger partial charge on any atom is -0.312 e. The van der Waals surface area contributed by atoms with Gasteiger partial charge in [0.1, 0.15) is 0 Å². The van der Waals surface area contributed by atoms with Gasteiger partial charge in [0.15, 0.2) is 0 Å². The first-order valence-corrected chi connectivity index (χ1v) is 6.14. The first-order valence-electron chi connectivity index (χ1n) is 6.14. The Labute approximate surface area is 111 Å². The van der Waals surface area contributed by atoms with Crippen LogP contribution in [0.1, 0.15) is 26.3 Å². The summed E-state index contributed by atoms with van der Waals surface area (Å²) in [4.78, 5) is 37.4. The summed E-state index contributed by atoms with van der Waals surface area (Å²) >= 11 is 0. The number of hydrogen-bond acceptors (Lipinski definition) is 3. The van der Waals surface area contributed by atoms with Gasteiger partial charge >= 0.3 is 0 Å². The van der Waals surface area contributed by atoms with Gasteiger partial charge < -0.3 is 4.90 Å². The number of imide groups is 1. The molecule has 0 bridgehead atoms. The molecule has 19 heavy (non-hydrogen) atoms. The lowest BCUT2D eigenvalue weighted by Gasteiger charge is -2.20. The third-order valence-electron chi connectivity index (χ3n) is 3.23. The Bertz CT molecular complexity index is 552. The Morgan fingerprint density at radius 2 is 1.74 bits per heavy atom. The molecule has 0 fully saturated rings. The number of rotatable bonds is 1. The van der Waals surface area contributed by atoms with Gasteiger partial charge in [0, 0.05) is 33.0 Å².